The summed E-state index contributed by atoms with van der Waals surface area (Å²) in [6.07, 6.45) is 4.25. The lowest BCUT2D eigenvalue weighted by Crippen LogP contribution is -2.11. The predicted molar refractivity (Wildman–Crippen MR) is 121 cm³/mol. The smallest absolute Gasteiger partial charge is 0.207 e. The van der Waals surface area contributed by atoms with Gasteiger partial charge in [-0.15, -0.1) is 0 Å². The molecule has 6 rings (SSSR count). The van der Waals surface area contributed by atoms with Crippen LogP contribution in [0.25, 0.3) is 23.3 Å². The fourth-order valence-electron chi connectivity index (χ4n) is 4.40. The van der Waals surface area contributed by atoms with Crippen molar-refractivity contribution < 1.29 is 8.42 Å². The SMILES string of the molecule is O=S1(=O)c2ccccc2-c2cc(N3c4ccccc4C=Cc4ccccc43)ccc21. The van der Waals surface area contributed by atoms with Crippen molar-refractivity contribution in [3.63, 3.8) is 0 Å². The standard InChI is InChI=1S/C26H17NO2S/c28-30(29)25-12-6-3-9-21(25)22-17-20(15-16-26(22)30)27-23-10-4-1-7-18(23)13-14-19-8-2-5-11-24(19)27/h1-17H. The normalized spacial score (nSPS) is 15.0. The van der Waals surface area contributed by atoms with Crippen LogP contribution in [0, 0.1) is 0 Å². The third-order valence-corrected chi connectivity index (χ3v) is 7.65. The Kier molecular flexibility index (Phi) is 3.55. The summed E-state index contributed by atoms with van der Waals surface area (Å²) in [5, 5.41) is 0. The molecule has 0 bridgehead atoms. The van der Waals surface area contributed by atoms with Crippen molar-refractivity contribution in [2.75, 3.05) is 4.90 Å². The summed E-state index contributed by atoms with van der Waals surface area (Å²) in [6.45, 7) is 0. The summed E-state index contributed by atoms with van der Waals surface area (Å²) in [4.78, 5) is 2.97. The van der Waals surface area contributed by atoms with E-state index in [4.69, 9.17) is 0 Å². The summed E-state index contributed by atoms with van der Waals surface area (Å²) < 4.78 is 26.0. The summed E-state index contributed by atoms with van der Waals surface area (Å²) in [5.41, 5.74) is 6.81. The zero-order valence-corrected chi connectivity index (χ0v) is 16.8. The molecule has 0 unspecified atom stereocenters. The molecule has 2 aliphatic rings. The quantitative estimate of drug-likeness (QED) is 0.314. The maximum Gasteiger partial charge on any atom is 0.207 e. The van der Waals surface area contributed by atoms with Crippen LogP contribution >= 0.6 is 0 Å². The maximum atomic E-state index is 13.0. The van der Waals surface area contributed by atoms with E-state index in [0.717, 1.165) is 39.3 Å². The first-order valence-electron chi connectivity index (χ1n) is 9.79. The number of anilines is 3. The summed E-state index contributed by atoms with van der Waals surface area (Å²) in [5.74, 6) is 0. The van der Waals surface area contributed by atoms with Gasteiger partial charge >= 0.3 is 0 Å². The molecule has 0 N–H and O–H groups in total. The molecule has 3 nitrogen and oxygen atoms in total. The molecule has 0 fully saturated rings. The number of nitrogens with zero attached hydrogens (tertiary/aromatic N) is 1. The predicted octanol–water partition coefficient (Wildman–Crippen LogP) is 6.45. The van der Waals surface area contributed by atoms with Crippen LogP contribution in [-0.4, -0.2) is 8.42 Å². The molecule has 4 aromatic rings. The van der Waals surface area contributed by atoms with E-state index in [1.807, 2.05) is 48.5 Å². The van der Waals surface area contributed by atoms with E-state index in [2.05, 4.69) is 41.3 Å². The first kappa shape index (κ1) is 17.2. The van der Waals surface area contributed by atoms with E-state index >= 15 is 0 Å². The van der Waals surface area contributed by atoms with E-state index in [1.165, 1.54) is 0 Å². The molecule has 0 spiro atoms. The van der Waals surface area contributed by atoms with E-state index < -0.39 is 9.84 Å². The van der Waals surface area contributed by atoms with Gasteiger partial charge in [-0.05, 0) is 47.5 Å². The lowest BCUT2D eigenvalue weighted by molar-refractivity contribution is 0.598. The molecule has 4 heteroatoms. The van der Waals surface area contributed by atoms with Crippen molar-refractivity contribution >= 4 is 39.1 Å². The number of sulfone groups is 1. The molecule has 0 aromatic heterocycles. The minimum absolute atomic E-state index is 0.377. The van der Waals surface area contributed by atoms with Crippen molar-refractivity contribution in [1.29, 1.82) is 0 Å². The van der Waals surface area contributed by atoms with Gasteiger partial charge in [-0.1, -0.05) is 66.7 Å². The second-order valence-electron chi connectivity index (χ2n) is 7.47. The monoisotopic (exact) mass is 407 g/mol. The zero-order valence-electron chi connectivity index (χ0n) is 16.0. The van der Waals surface area contributed by atoms with E-state index in [0.29, 0.717) is 9.79 Å². The zero-order chi connectivity index (χ0) is 20.3. The highest BCUT2D eigenvalue weighted by atomic mass is 32.2. The third-order valence-electron chi connectivity index (χ3n) is 5.78. The van der Waals surface area contributed by atoms with Gasteiger partial charge in [0.1, 0.15) is 0 Å². The lowest BCUT2D eigenvalue weighted by atomic mass is 10.0. The van der Waals surface area contributed by atoms with E-state index in [9.17, 15) is 8.42 Å². The number of rotatable bonds is 1. The fraction of sp³-hybridized carbons (Fsp3) is 0. The van der Waals surface area contributed by atoms with Crippen LogP contribution in [0.15, 0.2) is 101 Å². The first-order chi connectivity index (χ1) is 14.6. The van der Waals surface area contributed by atoms with Crippen molar-refractivity contribution in [3.05, 3.63) is 102 Å². The Morgan fingerprint density at radius 3 is 1.83 bits per heavy atom. The van der Waals surface area contributed by atoms with Gasteiger partial charge in [0, 0.05) is 16.8 Å². The summed E-state index contributed by atoms with van der Waals surface area (Å²) in [6, 6.07) is 29.4. The van der Waals surface area contributed by atoms with Gasteiger partial charge in [-0.2, -0.15) is 0 Å². The number of benzene rings is 4. The molecule has 4 aromatic carbocycles. The van der Waals surface area contributed by atoms with Crippen LogP contribution in [-0.2, 0) is 9.84 Å². The Morgan fingerprint density at radius 2 is 1.13 bits per heavy atom. The van der Waals surface area contributed by atoms with Gasteiger partial charge in [0.15, 0.2) is 0 Å². The van der Waals surface area contributed by atoms with Crippen LogP contribution in [0.5, 0.6) is 0 Å². The average molecular weight is 407 g/mol. The van der Waals surface area contributed by atoms with Crippen molar-refractivity contribution in [1.82, 2.24) is 0 Å². The highest BCUT2D eigenvalue weighted by Crippen LogP contribution is 2.47. The average Bonchev–Trinajstić information content (AvgIpc) is 2.91. The molecule has 144 valence electrons. The second-order valence-corrected chi connectivity index (χ2v) is 9.35. The first-order valence-corrected chi connectivity index (χ1v) is 11.3. The number of hydrogen-bond donors (Lipinski definition) is 0. The van der Waals surface area contributed by atoms with Crippen molar-refractivity contribution in [2.45, 2.75) is 9.79 Å². The Balaban J connectivity index is 1.63. The molecule has 0 saturated heterocycles. The minimum Gasteiger partial charge on any atom is -0.309 e. The van der Waals surface area contributed by atoms with Crippen LogP contribution in [0.2, 0.25) is 0 Å². The van der Waals surface area contributed by atoms with Gasteiger partial charge in [0.2, 0.25) is 9.84 Å². The highest BCUT2D eigenvalue weighted by Gasteiger charge is 2.33. The molecule has 0 atom stereocenters. The highest BCUT2D eigenvalue weighted by molar-refractivity contribution is 7.92. The largest absolute Gasteiger partial charge is 0.309 e. The van der Waals surface area contributed by atoms with Gasteiger partial charge in [0.05, 0.1) is 21.2 Å². The lowest BCUT2D eigenvalue weighted by Gasteiger charge is -2.27. The molecule has 0 radical (unpaired) electrons. The maximum absolute atomic E-state index is 13.0. The Morgan fingerprint density at radius 1 is 0.567 bits per heavy atom. The van der Waals surface area contributed by atoms with E-state index in [1.54, 1.807) is 18.2 Å². The fourth-order valence-corrected chi connectivity index (χ4v) is 6.06. The second kappa shape index (κ2) is 6.18. The Labute approximate surface area is 175 Å². The van der Waals surface area contributed by atoms with Gasteiger partial charge < -0.3 is 4.90 Å². The molecule has 30 heavy (non-hydrogen) atoms. The molecule has 0 saturated carbocycles. The van der Waals surface area contributed by atoms with Gasteiger partial charge in [-0.3, -0.25) is 0 Å². The number of fused-ring (bicyclic) bond motifs is 5. The topological polar surface area (TPSA) is 37.4 Å². The molecule has 0 aliphatic carbocycles. The molecular weight excluding hydrogens is 390 g/mol. The van der Waals surface area contributed by atoms with Crippen LogP contribution in [0.4, 0.5) is 17.1 Å². The third kappa shape index (κ3) is 2.34. The summed E-state index contributed by atoms with van der Waals surface area (Å²) in [7, 11) is -3.47. The minimum atomic E-state index is -3.47. The van der Waals surface area contributed by atoms with Crippen molar-refractivity contribution in [3.8, 4) is 11.1 Å². The van der Waals surface area contributed by atoms with Crippen LogP contribution in [0.1, 0.15) is 11.1 Å². The van der Waals surface area contributed by atoms with Gasteiger partial charge in [-0.25, -0.2) is 8.42 Å². The van der Waals surface area contributed by atoms with Gasteiger partial charge in [0.25, 0.3) is 0 Å². The molecule has 2 aliphatic heterocycles. The van der Waals surface area contributed by atoms with Crippen molar-refractivity contribution in [2.24, 2.45) is 0 Å². The molecule has 2 heterocycles. The number of hydrogen-bond acceptors (Lipinski definition) is 3. The van der Waals surface area contributed by atoms with Crippen LogP contribution in [0.3, 0.4) is 0 Å². The van der Waals surface area contributed by atoms with E-state index in [-0.39, 0.29) is 0 Å². The Hall–Kier alpha value is -3.63. The number of para-hydroxylation sites is 2. The molecular formula is C26H17NO2S. The summed E-state index contributed by atoms with van der Waals surface area (Å²) >= 11 is 0. The van der Waals surface area contributed by atoms with Crippen LogP contribution < -0.4 is 4.90 Å². The Bertz CT molecular complexity index is 1420. The molecule has 0 amide bonds.